The Kier molecular flexibility index (Phi) is 9.19. The molecule has 0 N–H and O–H groups in total. The number of nitrogens with zero attached hydrogens (tertiary/aromatic N) is 4. The van der Waals surface area contributed by atoms with Gasteiger partial charge in [0.25, 0.3) is 15.9 Å². The molecular weight excluding hydrogens is 560 g/mol. The van der Waals surface area contributed by atoms with Crippen LogP contribution >= 0.6 is 11.3 Å². The summed E-state index contributed by atoms with van der Waals surface area (Å²) >= 11 is 1.43. The molecule has 0 spiro atoms. The number of thiazole rings is 1. The number of amides is 1. The van der Waals surface area contributed by atoms with E-state index in [2.05, 4.69) is 4.90 Å². The number of sulfonamides is 1. The lowest BCUT2D eigenvalue weighted by molar-refractivity contribution is 0.0376. The molecule has 41 heavy (non-hydrogen) atoms. The molecule has 1 amide bonds. The minimum absolute atomic E-state index is 0.130. The SMILES string of the molecule is CCN(c1ccccc1)S(=O)(=O)c1ccc(C(=O)N(CCCN2CCOCC2)c2nc3ccc(OC)cc3s2)cc1. The van der Waals surface area contributed by atoms with Crippen LogP contribution in [0.2, 0.25) is 0 Å². The molecule has 0 saturated carbocycles. The van der Waals surface area contributed by atoms with E-state index >= 15 is 0 Å². The minimum Gasteiger partial charge on any atom is -0.497 e. The van der Waals surface area contributed by atoms with Crippen LogP contribution in [0.4, 0.5) is 10.8 Å². The molecule has 0 aliphatic carbocycles. The van der Waals surface area contributed by atoms with Crippen molar-refractivity contribution in [3.05, 3.63) is 78.4 Å². The number of anilines is 2. The third kappa shape index (κ3) is 6.54. The fraction of sp³-hybridized carbons (Fsp3) is 0.333. The van der Waals surface area contributed by atoms with Crippen LogP contribution in [0, 0.1) is 0 Å². The molecule has 0 radical (unpaired) electrons. The van der Waals surface area contributed by atoms with Crippen LogP contribution in [0.3, 0.4) is 0 Å². The molecule has 9 nitrogen and oxygen atoms in total. The lowest BCUT2D eigenvalue weighted by Crippen LogP contribution is -2.39. The number of para-hydroxylation sites is 1. The van der Waals surface area contributed by atoms with Crippen LogP contribution in [0.5, 0.6) is 5.75 Å². The normalized spacial score (nSPS) is 14.2. The maximum absolute atomic E-state index is 13.9. The van der Waals surface area contributed by atoms with Gasteiger partial charge in [0.15, 0.2) is 5.13 Å². The fourth-order valence-corrected chi connectivity index (χ4v) is 7.33. The summed E-state index contributed by atoms with van der Waals surface area (Å²) in [7, 11) is -2.18. The summed E-state index contributed by atoms with van der Waals surface area (Å²) in [6.07, 6.45) is 0.764. The van der Waals surface area contributed by atoms with Gasteiger partial charge in [0, 0.05) is 38.3 Å². The zero-order valence-electron chi connectivity index (χ0n) is 23.2. The Labute approximate surface area is 245 Å². The molecule has 11 heteroatoms. The Morgan fingerprint density at radius 3 is 2.46 bits per heavy atom. The summed E-state index contributed by atoms with van der Waals surface area (Å²) in [4.78, 5) is 22.8. The van der Waals surface area contributed by atoms with Crippen molar-refractivity contribution in [1.82, 2.24) is 9.88 Å². The highest BCUT2D eigenvalue weighted by Gasteiger charge is 2.26. The maximum Gasteiger partial charge on any atom is 0.264 e. The molecule has 1 saturated heterocycles. The van der Waals surface area contributed by atoms with E-state index in [0.29, 0.717) is 22.9 Å². The number of ether oxygens (including phenoxy) is 2. The molecule has 0 atom stereocenters. The second kappa shape index (κ2) is 13.0. The average Bonchev–Trinajstić information content (AvgIpc) is 3.43. The number of methoxy groups -OCH3 is 1. The Balaban J connectivity index is 1.40. The molecule has 3 aromatic carbocycles. The van der Waals surface area contributed by atoms with Crippen molar-refractivity contribution in [2.24, 2.45) is 0 Å². The van der Waals surface area contributed by atoms with Gasteiger partial charge in [-0.3, -0.25) is 18.9 Å². The van der Waals surface area contributed by atoms with Gasteiger partial charge in [-0.15, -0.1) is 0 Å². The molecule has 1 fully saturated rings. The van der Waals surface area contributed by atoms with E-state index in [1.165, 1.54) is 27.8 Å². The summed E-state index contributed by atoms with van der Waals surface area (Å²) < 4.78 is 40.0. The van der Waals surface area contributed by atoms with Crippen LogP contribution < -0.4 is 13.9 Å². The van der Waals surface area contributed by atoms with Crippen LogP contribution in [-0.4, -0.2) is 77.3 Å². The number of rotatable bonds is 11. The Bertz CT molecular complexity index is 1570. The smallest absolute Gasteiger partial charge is 0.264 e. The van der Waals surface area contributed by atoms with Gasteiger partial charge in [0.1, 0.15) is 5.75 Å². The minimum atomic E-state index is -3.80. The van der Waals surface area contributed by atoms with Crippen molar-refractivity contribution in [3.8, 4) is 5.75 Å². The highest BCUT2D eigenvalue weighted by molar-refractivity contribution is 7.92. The van der Waals surface area contributed by atoms with Crippen LogP contribution in [0.1, 0.15) is 23.7 Å². The number of hydrogen-bond acceptors (Lipinski definition) is 8. The third-order valence-electron chi connectivity index (χ3n) is 7.04. The van der Waals surface area contributed by atoms with Crippen LogP contribution in [0.15, 0.2) is 77.7 Å². The molecule has 1 aromatic heterocycles. The van der Waals surface area contributed by atoms with Crippen molar-refractivity contribution in [3.63, 3.8) is 0 Å². The van der Waals surface area contributed by atoms with Crippen LogP contribution in [-0.2, 0) is 14.8 Å². The summed E-state index contributed by atoms with van der Waals surface area (Å²) in [5, 5.41) is 0.596. The van der Waals surface area contributed by atoms with E-state index in [0.717, 1.165) is 55.2 Å². The molecule has 1 aliphatic heterocycles. The predicted octanol–water partition coefficient (Wildman–Crippen LogP) is 4.89. The van der Waals surface area contributed by atoms with Crippen molar-refractivity contribution in [2.45, 2.75) is 18.2 Å². The number of benzene rings is 3. The van der Waals surface area contributed by atoms with Gasteiger partial charge < -0.3 is 9.47 Å². The summed E-state index contributed by atoms with van der Waals surface area (Å²) in [6, 6.07) is 20.8. The first-order chi connectivity index (χ1) is 19.9. The number of aromatic nitrogens is 1. The van der Waals surface area contributed by atoms with Gasteiger partial charge in [0.05, 0.1) is 41.1 Å². The molecular formula is C30H34N4O5S2. The van der Waals surface area contributed by atoms with E-state index in [-0.39, 0.29) is 17.3 Å². The monoisotopic (exact) mass is 594 g/mol. The van der Waals surface area contributed by atoms with Gasteiger partial charge in [-0.25, -0.2) is 13.4 Å². The van der Waals surface area contributed by atoms with Crippen molar-refractivity contribution in [1.29, 1.82) is 0 Å². The standard InChI is InChI=1S/C30H34N4O5S2/c1-3-34(24-8-5-4-6-9-24)41(36,37)26-13-10-23(11-14-26)29(35)33(17-7-16-32-18-20-39-21-19-32)30-31-27-15-12-25(38-2)22-28(27)40-30/h4-6,8-15,22H,3,7,16-21H2,1-2H3. The number of carbonyl (C=O) groups is 1. The van der Waals surface area contributed by atoms with Gasteiger partial charge in [-0.2, -0.15) is 0 Å². The molecule has 2 heterocycles. The topological polar surface area (TPSA) is 92.3 Å². The van der Waals surface area contributed by atoms with Gasteiger partial charge >= 0.3 is 0 Å². The first-order valence-corrected chi connectivity index (χ1v) is 15.9. The largest absolute Gasteiger partial charge is 0.497 e. The number of hydrogen-bond donors (Lipinski definition) is 0. The lowest BCUT2D eigenvalue weighted by atomic mass is 10.2. The summed E-state index contributed by atoms with van der Waals surface area (Å²) in [5.41, 5.74) is 1.78. The predicted molar refractivity (Wildman–Crippen MR) is 163 cm³/mol. The second-order valence-electron chi connectivity index (χ2n) is 9.62. The third-order valence-corrected chi connectivity index (χ3v) is 10.00. The van der Waals surface area contributed by atoms with Gasteiger partial charge in [0.2, 0.25) is 0 Å². The second-order valence-corrected chi connectivity index (χ2v) is 12.5. The highest BCUT2D eigenvalue weighted by Crippen LogP contribution is 2.32. The van der Waals surface area contributed by atoms with Crippen molar-refractivity contribution < 1.29 is 22.7 Å². The number of morpholine rings is 1. The molecule has 0 bridgehead atoms. The fourth-order valence-electron chi connectivity index (χ4n) is 4.83. The molecule has 4 aromatic rings. The van der Waals surface area contributed by atoms with E-state index in [4.69, 9.17) is 14.5 Å². The molecule has 216 valence electrons. The first-order valence-electron chi connectivity index (χ1n) is 13.6. The van der Waals surface area contributed by atoms with E-state index in [1.807, 2.05) is 24.3 Å². The highest BCUT2D eigenvalue weighted by atomic mass is 32.2. The zero-order chi connectivity index (χ0) is 28.8. The average molecular weight is 595 g/mol. The van der Waals surface area contributed by atoms with E-state index in [1.54, 1.807) is 55.3 Å². The van der Waals surface area contributed by atoms with Crippen molar-refractivity contribution in [2.75, 3.05) is 62.3 Å². The maximum atomic E-state index is 13.9. The van der Waals surface area contributed by atoms with Crippen molar-refractivity contribution >= 4 is 48.3 Å². The van der Waals surface area contributed by atoms with Gasteiger partial charge in [-0.1, -0.05) is 29.5 Å². The molecule has 5 rings (SSSR count). The van der Waals surface area contributed by atoms with E-state index in [9.17, 15) is 13.2 Å². The lowest BCUT2D eigenvalue weighted by Gasteiger charge is -2.27. The Morgan fingerprint density at radius 2 is 1.78 bits per heavy atom. The number of carbonyl (C=O) groups excluding carboxylic acids is 1. The summed E-state index contributed by atoms with van der Waals surface area (Å²) in [6.45, 7) is 6.59. The molecule has 1 aliphatic rings. The van der Waals surface area contributed by atoms with E-state index < -0.39 is 10.0 Å². The molecule has 0 unspecified atom stereocenters. The Hall–Kier alpha value is -3.51. The Morgan fingerprint density at radius 1 is 1.05 bits per heavy atom. The summed E-state index contributed by atoms with van der Waals surface area (Å²) in [5.74, 6) is 0.503. The zero-order valence-corrected chi connectivity index (χ0v) is 24.9. The van der Waals surface area contributed by atoms with Crippen LogP contribution in [0.25, 0.3) is 10.2 Å². The quantitative estimate of drug-likeness (QED) is 0.244. The number of fused-ring (bicyclic) bond motifs is 1. The van der Waals surface area contributed by atoms with Gasteiger partial charge in [-0.05, 0) is 67.9 Å². The first kappa shape index (κ1) is 29.0.